The van der Waals surface area contributed by atoms with Crippen molar-refractivity contribution in [3.05, 3.63) is 71.5 Å². The Kier molecular flexibility index (Phi) is 7.48. The highest BCUT2D eigenvalue weighted by Crippen LogP contribution is 2.43. The van der Waals surface area contributed by atoms with Gasteiger partial charge in [-0.1, -0.05) is 48.5 Å². The molecular weight excluding hydrogens is 425 g/mol. The van der Waals surface area contributed by atoms with Crippen molar-refractivity contribution in [2.45, 2.75) is 51.4 Å². The molecule has 0 aliphatic carbocycles. The van der Waals surface area contributed by atoms with E-state index in [0.717, 1.165) is 5.56 Å². The number of nitrogens with one attached hydrogen (secondary N) is 1. The first-order valence-corrected chi connectivity index (χ1v) is 10.9. The van der Waals surface area contributed by atoms with Gasteiger partial charge in [-0.25, -0.2) is 9.18 Å². The Bertz CT molecular complexity index is 1010. The highest BCUT2D eigenvalue weighted by atomic mass is 19.1. The molecule has 1 heterocycles. The summed E-state index contributed by atoms with van der Waals surface area (Å²) in [5.41, 5.74) is 5.89. The first kappa shape index (κ1) is 24.4. The van der Waals surface area contributed by atoms with Crippen molar-refractivity contribution >= 4 is 17.8 Å². The summed E-state index contributed by atoms with van der Waals surface area (Å²) in [4.78, 5) is 40.4. The number of likely N-dealkylation sites (tertiary alicyclic amines) is 1. The van der Waals surface area contributed by atoms with Crippen LogP contribution in [0.4, 0.5) is 4.39 Å². The predicted molar refractivity (Wildman–Crippen MR) is 121 cm³/mol. The van der Waals surface area contributed by atoms with Crippen LogP contribution >= 0.6 is 0 Å². The number of hydrogen-bond acceptors (Lipinski definition) is 5. The fourth-order valence-electron chi connectivity index (χ4n) is 4.13. The van der Waals surface area contributed by atoms with E-state index >= 15 is 0 Å². The van der Waals surface area contributed by atoms with Gasteiger partial charge in [-0.2, -0.15) is 0 Å². The molecule has 0 spiro atoms. The maximum absolute atomic E-state index is 14.9. The monoisotopic (exact) mass is 455 g/mol. The average molecular weight is 456 g/mol. The second-order valence-corrected chi connectivity index (χ2v) is 9.07. The van der Waals surface area contributed by atoms with Crippen LogP contribution in [-0.2, 0) is 25.7 Å². The molecule has 1 aliphatic heterocycles. The molecule has 3 rings (SSSR count). The zero-order valence-electron chi connectivity index (χ0n) is 19.1. The van der Waals surface area contributed by atoms with Crippen molar-refractivity contribution in [2.24, 2.45) is 11.7 Å². The highest BCUT2D eigenvalue weighted by Gasteiger charge is 2.51. The van der Waals surface area contributed by atoms with Gasteiger partial charge in [-0.05, 0) is 38.8 Å². The van der Waals surface area contributed by atoms with Crippen LogP contribution in [0, 0.1) is 11.7 Å². The second-order valence-electron chi connectivity index (χ2n) is 9.07. The predicted octanol–water partition coefficient (Wildman–Crippen LogP) is 2.70. The van der Waals surface area contributed by atoms with E-state index in [0.29, 0.717) is 0 Å². The smallest absolute Gasteiger partial charge is 0.329 e. The molecule has 7 nitrogen and oxygen atoms in total. The van der Waals surface area contributed by atoms with Crippen LogP contribution in [0.2, 0.25) is 0 Å². The number of hydrogen-bond donors (Lipinski definition) is 2. The van der Waals surface area contributed by atoms with Crippen molar-refractivity contribution in [2.75, 3.05) is 6.54 Å². The van der Waals surface area contributed by atoms with Gasteiger partial charge in [0.05, 0.1) is 18.5 Å². The third kappa shape index (κ3) is 5.76. The molecule has 2 aromatic rings. The summed E-state index contributed by atoms with van der Waals surface area (Å²) in [6, 6.07) is 13.2. The Balaban J connectivity index is 1.97. The van der Waals surface area contributed by atoms with Gasteiger partial charge in [-0.15, -0.1) is 0 Å². The quantitative estimate of drug-likeness (QED) is 0.652. The average Bonchev–Trinajstić information content (AvgIpc) is 3.17. The van der Waals surface area contributed by atoms with Gasteiger partial charge in [-0.3, -0.25) is 9.59 Å². The summed E-state index contributed by atoms with van der Waals surface area (Å²) in [6.45, 7) is 5.03. The van der Waals surface area contributed by atoms with E-state index in [9.17, 15) is 18.8 Å². The van der Waals surface area contributed by atoms with Crippen LogP contribution in [-0.4, -0.2) is 40.9 Å². The zero-order valence-corrected chi connectivity index (χ0v) is 19.1. The van der Waals surface area contributed by atoms with E-state index in [-0.39, 0.29) is 31.0 Å². The molecule has 3 unspecified atom stereocenters. The number of amides is 2. The summed E-state index contributed by atoms with van der Waals surface area (Å²) >= 11 is 0. The first-order chi connectivity index (χ1) is 15.6. The molecule has 1 fully saturated rings. The molecule has 0 aromatic heterocycles. The van der Waals surface area contributed by atoms with Crippen LogP contribution in [0.15, 0.2) is 54.6 Å². The lowest BCUT2D eigenvalue weighted by atomic mass is 9.91. The zero-order chi connectivity index (χ0) is 24.2. The number of halogens is 1. The van der Waals surface area contributed by atoms with Gasteiger partial charge in [0.15, 0.2) is 0 Å². The van der Waals surface area contributed by atoms with Gasteiger partial charge >= 0.3 is 5.97 Å². The number of benzene rings is 2. The number of rotatable bonds is 6. The normalized spacial score (nSPS) is 20.4. The maximum atomic E-state index is 14.9. The lowest BCUT2D eigenvalue weighted by molar-refractivity contribution is -0.164. The SMILES string of the molecule is CC(C)(C)OC(=O)C1CC(C(=O)NCc2ccccc2)C(c2ccccc2F)N1C(=O)CN. The molecular formula is C25H30FN3O4. The summed E-state index contributed by atoms with van der Waals surface area (Å²) in [7, 11) is 0. The molecule has 1 aliphatic rings. The Hall–Kier alpha value is -3.26. The second kappa shape index (κ2) is 10.1. The van der Waals surface area contributed by atoms with Crippen LogP contribution in [0.1, 0.15) is 44.4 Å². The van der Waals surface area contributed by atoms with E-state index in [2.05, 4.69) is 5.32 Å². The summed E-state index contributed by atoms with van der Waals surface area (Å²) in [6.07, 6.45) is 0.000275. The maximum Gasteiger partial charge on any atom is 0.329 e. The Labute approximate surface area is 193 Å². The molecule has 176 valence electrons. The number of esters is 1. The van der Waals surface area contributed by atoms with Gasteiger partial charge in [0.25, 0.3) is 0 Å². The number of nitrogens with two attached hydrogens (primary N) is 1. The van der Waals surface area contributed by atoms with Crippen molar-refractivity contribution in [1.82, 2.24) is 10.2 Å². The van der Waals surface area contributed by atoms with E-state index < -0.39 is 41.3 Å². The Morgan fingerprint density at radius 3 is 2.33 bits per heavy atom. The van der Waals surface area contributed by atoms with Gasteiger partial charge in [0.2, 0.25) is 11.8 Å². The van der Waals surface area contributed by atoms with Crippen molar-refractivity contribution < 1.29 is 23.5 Å². The third-order valence-corrected chi connectivity index (χ3v) is 5.51. The highest BCUT2D eigenvalue weighted by molar-refractivity contribution is 5.90. The minimum Gasteiger partial charge on any atom is -0.458 e. The minimum absolute atomic E-state index is 0.000275. The Morgan fingerprint density at radius 1 is 1.09 bits per heavy atom. The summed E-state index contributed by atoms with van der Waals surface area (Å²) in [5, 5.41) is 2.86. The third-order valence-electron chi connectivity index (χ3n) is 5.51. The van der Waals surface area contributed by atoms with Gasteiger partial charge in [0, 0.05) is 12.1 Å². The van der Waals surface area contributed by atoms with Crippen LogP contribution in [0.3, 0.4) is 0 Å². The van der Waals surface area contributed by atoms with E-state index in [1.54, 1.807) is 26.8 Å². The summed E-state index contributed by atoms with van der Waals surface area (Å²) in [5.74, 6) is -3.02. The fraction of sp³-hybridized carbons (Fsp3) is 0.400. The number of nitrogens with zero attached hydrogens (tertiary/aromatic N) is 1. The van der Waals surface area contributed by atoms with E-state index in [4.69, 9.17) is 10.5 Å². The van der Waals surface area contributed by atoms with Crippen molar-refractivity contribution in [3.8, 4) is 0 Å². The topological polar surface area (TPSA) is 102 Å². The van der Waals surface area contributed by atoms with Gasteiger partial charge < -0.3 is 20.7 Å². The van der Waals surface area contributed by atoms with Crippen molar-refractivity contribution in [1.29, 1.82) is 0 Å². The molecule has 0 bridgehead atoms. The molecule has 8 heteroatoms. The molecule has 2 aromatic carbocycles. The van der Waals surface area contributed by atoms with Gasteiger partial charge in [0.1, 0.15) is 17.5 Å². The Morgan fingerprint density at radius 2 is 1.73 bits per heavy atom. The molecule has 0 saturated carbocycles. The lowest BCUT2D eigenvalue weighted by Crippen LogP contribution is -2.47. The molecule has 1 saturated heterocycles. The van der Waals surface area contributed by atoms with Crippen LogP contribution in [0.25, 0.3) is 0 Å². The van der Waals surface area contributed by atoms with E-state index in [1.165, 1.54) is 23.1 Å². The fourth-order valence-corrected chi connectivity index (χ4v) is 4.13. The van der Waals surface area contributed by atoms with E-state index in [1.807, 2.05) is 30.3 Å². The summed E-state index contributed by atoms with van der Waals surface area (Å²) < 4.78 is 20.4. The standard InChI is InChI=1S/C25H30FN3O4/c1-25(2,3)33-24(32)20-13-18(23(31)28-15-16-9-5-4-6-10-16)22(29(20)21(30)14-27)17-11-7-8-12-19(17)26/h4-12,18,20,22H,13-15,27H2,1-3H3,(H,28,31). The number of carbonyl (C=O) groups is 3. The minimum atomic E-state index is -1.06. The van der Waals surface area contributed by atoms with Crippen LogP contribution in [0.5, 0.6) is 0 Å². The molecule has 3 N–H and O–H groups in total. The lowest BCUT2D eigenvalue weighted by Gasteiger charge is -2.32. The molecule has 3 atom stereocenters. The first-order valence-electron chi connectivity index (χ1n) is 10.9. The molecule has 2 amide bonds. The van der Waals surface area contributed by atoms with Crippen molar-refractivity contribution in [3.63, 3.8) is 0 Å². The molecule has 33 heavy (non-hydrogen) atoms. The number of ether oxygens (including phenoxy) is 1. The van der Waals surface area contributed by atoms with Crippen LogP contribution < -0.4 is 11.1 Å². The molecule has 0 radical (unpaired) electrons. The number of carbonyl (C=O) groups excluding carboxylic acids is 3. The largest absolute Gasteiger partial charge is 0.458 e.